The van der Waals surface area contributed by atoms with Gasteiger partial charge < -0.3 is 5.32 Å². The zero-order valence-corrected chi connectivity index (χ0v) is 23.6. The second-order valence-electron chi connectivity index (χ2n) is 10.9. The molecule has 0 aliphatic carbocycles. The first-order chi connectivity index (χ1) is 17.0. The third-order valence-electron chi connectivity index (χ3n) is 6.70. The Morgan fingerprint density at radius 3 is 1.56 bits per heavy atom. The number of pyridine rings is 1. The zero-order valence-electron chi connectivity index (χ0n) is 23.6. The maximum Gasteiger partial charge on any atom is 0.0866 e. The van der Waals surface area contributed by atoms with Crippen molar-refractivity contribution in [2.75, 3.05) is 5.32 Å². The standard InChI is InChI=1S/C33H43N3/c1-20(2)26-14-11-15-27(21(3)4)32(26)34-24(9)30-18-13-19-31(36-30)25(10)35-33-28(22(5)6)16-12-17-29(33)23(7)8/h11-23,34H,9H2,1-8,10H3. The van der Waals surface area contributed by atoms with E-state index in [0.717, 1.165) is 34.2 Å². The molecule has 1 heterocycles. The average Bonchev–Trinajstić information content (AvgIpc) is 2.83. The molecule has 0 spiro atoms. The monoisotopic (exact) mass is 481 g/mol. The molecular weight excluding hydrogens is 438 g/mol. The van der Waals surface area contributed by atoms with Crippen LogP contribution in [-0.2, 0) is 0 Å². The van der Waals surface area contributed by atoms with Crippen LogP contribution < -0.4 is 5.32 Å². The van der Waals surface area contributed by atoms with Gasteiger partial charge in [0.25, 0.3) is 0 Å². The number of anilines is 1. The predicted molar refractivity (Wildman–Crippen MR) is 158 cm³/mol. The number of nitrogens with one attached hydrogen (secondary N) is 1. The van der Waals surface area contributed by atoms with Crippen molar-refractivity contribution >= 4 is 22.8 Å². The third-order valence-corrected chi connectivity index (χ3v) is 6.70. The van der Waals surface area contributed by atoms with Gasteiger partial charge in [0.2, 0.25) is 0 Å². The van der Waals surface area contributed by atoms with Gasteiger partial charge in [-0.15, -0.1) is 0 Å². The van der Waals surface area contributed by atoms with Gasteiger partial charge in [0.1, 0.15) is 0 Å². The van der Waals surface area contributed by atoms with Crippen molar-refractivity contribution < 1.29 is 0 Å². The van der Waals surface area contributed by atoms with Crippen molar-refractivity contribution in [2.45, 2.75) is 86.0 Å². The Kier molecular flexibility index (Phi) is 8.89. The Bertz CT molecular complexity index is 1190. The fraction of sp³-hybridized carbons (Fsp3) is 0.394. The molecule has 0 unspecified atom stereocenters. The molecular formula is C33H43N3. The summed E-state index contributed by atoms with van der Waals surface area (Å²) in [5.74, 6) is 1.61. The van der Waals surface area contributed by atoms with Crippen molar-refractivity contribution in [1.82, 2.24) is 4.98 Å². The summed E-state index contributed by atoms with van der Waals surface area (Å²) in [6.45, 7) is 24.2. The fourth-order valence-corrected chi connectivity index (χ4v) is 4.58. The summed E-state index contributed by atoms with van der Waals surface area (Å²) in [6.07, 6.45) is 0. The van der Waals surface area contributed by atoms with Crippen molar-refractivity contribution in [2.24, 2.45) is 4.99 Å². The van der Waals surface area contributed by atoms with Crippen molar-refractivity contribution in [3.05, 3.63) is 94.8 Å². The summed E-state index contributed by atoms with van der Waals surface area (Å²) in [7, 11) is 0. The highest BCUT2D eigenvalue weighted by molar-refractivity contribution is 5.99. The number of rotatable bonds is 9. The Balaban J connectivity index is 2.00. The van der Waals surface area contributed by atoms with Crippen LogP contribution in [0.15, 0.2) is 66.2 Å². The van der Waals surface area contributed by atoms with Crippen molar-refractivity contribution in [3.8, 4) is 0 Å². The summed E-state index contributed by atoms with van der Waals surface area (Å²) in [5, 5.41) is 3.63. The van der Waals surface area contributed by atoms with E-state index in [1.807, 2.05) is 18.2 Å². The highest BCUT2D eigenvalue weighted by atomic mass is 14.9. The van der Waals surface area contributed by atoms with Crippen LogP contribution >= 0.6 is 0 Å². The van der Waals surface area contributed by atoms with Crippen molar-refractivity contribution in [1.29, 1.82) is 0 Å². The van der Waals surface area contributed by atoms with Gasteiger partial charge in [-0.05, 0) is 65.0 Å². The molecule has 0 saturated carbocycles. The average molecular weight is 482 g/mol. The lowest BCUT2D eigenvalue weighted by atomic mass is 9.92. The molecule has 0 amide bonds. The highest BCUT2D eigenvalue weighted by Gasteiger charge is 2.17. The van der Waals surface area contributed by atoms with E-state index in [9.17, 15) is 0 Å². The summed E-state index contributed by atoms with van der Waals surface area (Å²) in [5.41, 5.74) is 10.8. The smallest absolute Gasteiger partial charge is 0.0866 e. The van der Waals surface area contributed by atoms with Gasteiger partial charge in [-0.25, -0.2) is 4.98 Å². The molecule has 3 rings (SSSR count). The quantitative estimate of drug-likeness (QED) is 0.309. The lowest BCUT2D eigenvalue weighted by Gasteiger charge is -2.22. The Morgan fingerprint density at radius 2 is 1.08 bits per heavy atom. The molecule has 1 N–H and O–H groups in total. The van der Waals surface area contributed by atoms with Gasteiger partial charge in [-0.2, -0.15) is 0 Å². The first-order valence-electron chi connectivity index (χ1n) is 13.3. The van der Waals surface area contributed by atoms with Gasteiger partial charge >= 0.3 is 0 Å². The zero-order chi connectivity index (χ0) is 26.6. The van der Waals surface area contributed by atoms with Crippen molar-refractivity contribution in [3.63, 3.8) is 0 Å². The van der Waals surface area contributed by atoms with Crippen LogP contribution in [0.5, 0.6) is 0 Å². The molecule has 3 aromatic rings. The van der Waals surface area contributed by atoms with Crippen LogP contribution in [0, 0.1) is 0 Å². The van der Waals surface area contributed by atoms with Gasteiger partial charge in [-0.1, -0.05) is 104 Å². The number of hydrogen-bond donors (Lipinski definition) is 1. The summed E-state index contributed by atoms with van der Waals surface area (Å²) in [4.78, 5) is 10.1. The number of aromatic nitrogens is 1. The van der Waals surface area contributed by atoms with E-state index in [1.54, 1.807) is 0 Å². The SMILES string of the molecule is C=C(Nc1c(C(C)C)cccc1C(C)C)c1cccc(C(C)=Nc2c(C(C)C)cccc2C(C)C)n1. The maximum absolute atomic E-state index is 5.13. The van der Waals surface area contributed by atoms with E-state index in [1.165, 1.54) is 22.3 Å². The minimum Gasteiger partial charge on any atom is -0.354 e. The Labute approximate surface area is 218 Å². The summed E-state index contributed by atoms with van der Waals surface area (Å²) >= 11 is 0. The molecule has 0 radical (unpaired) electrons. The van der Waals surface area contributed by atoms with Crippen LogP contribution in [0.2, 0.25) is 0 Å². The van der Waals surface area contributed by atoms with Gasteiger partial charge in [0, 0.05) is 5.69 Å². The molecule has 0 aliphatic heterocycles. The van der Waals surface area contributed by atoms with E-state index in [4.69, 9.17) is 9.98 Å². The van der Waals surface area contributed by atoms with Gasteiger partial charge in [-0.3, -0.25) is 4.99 Å². The highest BCUT2D eigenvalue weighted by Crippen LogP contribution is 2.36. The normalized spacial score (nSPS) is 12.2. The van der Waals surface area contributed by atoms with Crippen LogP contribution in [0.4, 0.5) is 11.4 Å². The molecule has 1 aromatic heterocycles. The Morgan fingerprint density at radius 1 is 0.667 bits per heavy atom. The number of benzene rings is 2. The minimum absolute atomic E-state index is 0.398. The summed E-state index contributed by atoms with van der Waals surface area (Å²) in [6, 6.07) is 19.2. The molecule has 3 heteroatoms. The molecule has 36 heavy (non-hydrogen) atoms. The first kappa shape index (κ1) is 27.4. The lowest BCUT2D eigenvalue weighted by Crippen LogP contribution is -2.09. The molecule has 0 aliphatic rings. The minimum atomic E-state index is 0.398. The van der Waals surface area contributed by atoms with Crippen LogP contribution in [0.1, 0.15) is 120 Å². The third kappa shape index (κ3) is 6.13. The lowest BCUT2D eigenvalue weighted by molar-refractivity contribution is 0.834. The molecule has 190 valence electrons. The van der Waals surface area contributed by atoms with E-state index < -0.39 is 0 Å². The first-order valence-corrected chi connectivity index (χ1v) is 13.3. The summed E-state index contributed by atoms with van der Waals surface area (Å²) < 4.78 is 0. The number of para-hydroxylation sites is 2. The molecule has 0 bridgehead atoms. The fourth-order valence-electron chi connectivity index (χ4n) is 4.58. The van der Waals surface area contributed by atoms with Gasteiger partial charge in [0.05, 0.1) is 28.5 Å². The van der Waals surface area contributed by atoms with E-state index >= 15 is 0 Å². The van der Waals surface area contributed by atoms with Gasteiger partial charge in [0.15, 0.2) is 0 Å². The van der Waals surface area contributed by atoms with Crippen LogP contribution in [0.25, 0.3) is 5.70 Å². The molecule has 0 atom stereocenters. The van der Waals surface area contributed by atoms with E-state index in [0.29, 0.717) is 23.7 Å². The molecule has 3 nitrogen and oxygen atoms in total. The number of nitrogens with zero attached hydrogens (tertiary/aromatic N) is 2. The topological polar surface area (TPSA) is 37.3 Å². The Hall–Kier alpha value is -3.20. The second-order valence-corrected chi connectivity index (χ2v) is 10.9. The predicted octanol–water partition coefficient (Wildman–Crippen LogP) is 9.80. The van der Waals surface area contributed by atoms with Crippen LogP contribution in [0.3, 0.4) is 0 Å². The number of aliphatic imine (C=N–C) groups is 1. The van der Waals surface area contributed by atoms with E-state index in [2.05, 4.69) is 111 Å². The maximum atomic E-state index is 5.13. The molecule has 2 aromatic carbocycles. The van der Waals surface area contributed by atoms with E-state index in [-0.39, 0.29) is 0 Å². The largest absolute Gasteiger partial charge is 0.354 e. The number of hydrogen-bond acceptors (Lipinski definition) is 3. The second kappa shape index (κ2) is 11.7. The molecule has 0 saturated heterocycles. The molecule has 0 fully saturated rings. The van der Waals surface area contributed by atoms with Crippen LogP contribution in [-0.4, -0.2) is 10.7 Å².